The summed E-state index contributed by atoms with van der Waals surface area (Å²) >= 11 is 0.852. The first-order valence-electron chi connectivity index (χ1n) is 10.5. The second kappa shape index (κ2) is 9.89. The zero-order valence-corrected chi connectivity index (χ0v) is 19.9. The Morgan fingerprint density at radius 1 is 1.22 bits per heavy atom. The van der Waals surface area contributed by atoms with E-state index in [1.165, 1.54) is 31.4 Å². The van der Waals surface area contributed by atoms with Crippen molar-refractivity contribution in [2.45, 2.75) is 5.92 Å². The Kier molecular flexibility index (Phi) is 6.71. The zero-order valence-electron chi connectivity index (χ0n) is 19.1. The van der Waals surface area contributed by atoms with Crippen LogP contribution >= 0.6 is 11.3 Å². The lowest BCUT2D eigenvalue weighted by atomic mass is 9.83. The predicted molar refractivity (Wildman–Crippen MR) is 131 cm³/mol. The van der Waals surface area contributed by atoms with Crippen LogP contribution in [0.3, 0.4) is 0 Å². The van der Waals surface area contributed by atoms with Crippen LogP contribution in [-0.2, 0) is 14.3 Å². The number of thiazole rings is 1. The molecule has 9 nitrogen and oxygen atoms in total. The van der Waals surface area contributed by atoms with E-state index in [2.05, 4.69) is 10.1 Å². The zero-order chi connectivity index (χ0) is 26.0. The first-order valence-corrected chi connectivity index (χ1v) is 11.3. The highest BCUT2D eigenvalue weighted by Crippen LogP contribution is 2.36. The number of anilines is 1. The van der Waals surface area contributed by atoms with Crippen molar-refractivity contribution in [3.05, 3.63) is 85.0 Å². The number of nitrogens with zero attached hydrogens (tertiary/aromatic N) is 2. The minimum atomic E-state index is -1.01. The van der Waals surface area contributed by atoms with Crippen LogP contribution in [0.2, 0.25) is 0 Å². The largest absolute Gasteiger partial charge is 0.497 e. The molecule has 1 amide bonds. The summed E-state index contributed by atoms with van der Waals surface area (Å²) in [5.74, 6) is -2.60. The maximum atomic E-state index is 13.7. The number of allylic oxidation sites excluding steroid dienone is 1. The van der Waals surface area contributed by atoms with Gasteiger partial charge in [0.05, 0.1) is 37.4 Å². The Balaban J connectivity index is 2.03. The van der Waals surface area contributed by atoms with E-state index in [1.54, 1.807) is 24.3 Å². The van der Waals surface area contributed by atoms with Gasteiger partial charge in [0.2, 0.25) is 0 Å². The molecule has 2 heterocycles. The monoisotopic (exact) mass is 506 g/mol. The van der Waals surface area contributed by atoms with E-state index in [1.807, 2.05) is 6.07 Å². The Bertz CT molecular complexity index is 1630. The van der Waals surface area contributed by atoms with Gasteiger partial charge in [0, 0.05) is 17.8 Å². The third-order valence-electron chi connectivity index (χ3n) is 5.49. The molecular formula is C25H19FN4O5S. The van der Waals surface area contributed by atoms with E-state index < -0.39 is 29.2 Å². The van der Waals surface area contributed by atoms with Crippen LogP contribution in [0, 0.1) is 17.1 Å². The molecule has 1 aliphatic rings. The van der Waals surface area contributed by atoms with Crippen molar-refractivity contribution >= 4 is 46.4 Å². The predicted octanol–water partition coefficient (Wildman–Crippen LogP) is 1.25. The van der Waals surface area contributed by atoms with Crippen molar-refractivity contribution < 1.29 is 23.5 Å². The van der Waals surface area contributed by atoms with Crippen molar-refractivity contribution in [2.24, 2.45) is 5.73 Å². The molecule has 0 bridgehead atoms. The third kappa shape index (κ3) is 4.37. The fourth-order valence-electron chi connectivity index (χ4n) is 3.82. The number of benzene rings is 2. The van der Waals surface area contributed by atoms with Crippen molar-refractivity contribution in [3.8, 4) is 11.8 Å². The fraction of sp³-hybridized carbons (Fsp3) is 0.120. The number of esters is 1. The number of amides is 1. The van der Waals surface area contributed by atoms with Gasteiger partial charge >= 0.3 is 5.97 Å². The minimum Gasteiger partial charge on any atom is -0.497 e. The number of carbonyl (C=O) groups excluding carboxylic acids is 2. The van der Waals surface area contributed by atoms with Crippen molar-refractivity contribution in [1.29, 1.82) is 5.26 Å². The lowest BCUT2D eigenvalue weighted by Crippen LogP contribution is -2.40. The van der Waals surface area contributed by atoms with Gasteiger partial charge in [-0.3, -0.25) is 14.2 Å². The Hall–Kier alpha value is -4.69. The van der Waals surface area contributed by atoms with Crippen LogP contribution in [0.4, 0.5) is 10.1 Å². The summed E-state index contributed by atoms with van der Waals surface area (Å²) in [5, 5.41) is 12.8. The molecule has 2 aromatic carbocycles. The van der Waals surface area contributed by atoms with Gasteiger partial charge in [0.15, 0.2) is 0 Å². The topological polar surface area (TPSA) is 136 Å². The summed E-state index contributed by atoms with van der Waals surface area (Å²) in [7, 11) is 2.65. The first-order chi connectivity index (χ1) is 17.3. The maximum Gasteiger partial charge on any atom is 0.332 e. The second-order valence-corrected chi connectivity index (χ2v) is 8.61. The van der Waals surface area contributed by atoms with E-state index >= 15 is 0 Å². The molecular weight excluding hydrogens is 487 g/mol. The third-order valence-corrected chi connectivity index (χ3v) is 6.60. The van der Waals surface area contributed by atoms with E-state index in [0.29, 0.717) is 17.0 Å². The Labute approximate surface area is 207 Å². The highest BCUT2D eigenvalue weighted by atomic mass is 32.1. The van der Waals surface area contributed by atoms with Crippen molar-refractivity contribution in [3.63, 3.8) is 0 Å². The molecule has 1 unspecified atom stereocenters. The first kappa shape index (κ1) is 24.4. The molecule has 3 N–H and O–H groups in total. The molecule has 11 heteroatoms. The van der Waals surface area contributed by atoms with Crippen LogP contribution in [0.25, 0.3) is 17.5 Å². The van der Waals surface area contributed by atoms with Crippen LogP contribution in [0.15, 0.2) is 58.9 Å². The van der Waals surface area contributed by atoms with Crippen LogP contribution in [0.5, 0.6) is 5.75 Å². The summed E-state index contributed by atoms with van der Waals surface area (Å²) in [5.41, 5.74) is 6.33. The Morgan fingerprint density at radius 3 is 2.58 bits per heavy atom. The normalized spacial score (nSPS) is 15.2. The number of ether oxygens (including phenoxy) is 2. The molecule has 0 spiro atoms. The highest BCUT2D eigenvalue weighted by Gasteiger charge is 2.35. The fourth-order valence-corrected chi connectivity index (χ4v) is 4.96. The summed E-state index contributed by atoms with van der Waals surface area (Å²) < 4.78 is 24.6. The molecule has 0 fully saturated rings. The molecule has 1 atom stereocenters. The minimum absolute atomic E-state index is 0.0294. The van der Waals surface area contributed by atoms with Gasteiger partial charge in [0.1, 0.15) is 26.6 Å². The van der Waals surface area contributed by atoms with Crippen LogP contribution in [-0.4, -0.2) is 30.7 Å². The van der Waals surface area contributed by atoms with Crippen molar-refractivity contribution in [1.82, 2.24) is 4.57 Å². The van der Waals surface area contributed by atoms with Crippen LogP contribution < -0.4 is 30.5 Å². The van der Waals surface area contributed by atoms with E-state index in [-0.39, 0.29) is 26.2 Å². The standard InChI is InChI=1S/C25H19FN4O5S/c1-34-16-5-3-4-15(10-16)29-23(32)21-20(13-6-8-14(26)9-7-13)17(12-27)22(28)30-24(33)18(36-25(21)30)11-19(31)35-2/h3-11,20H,28H2,1-2H3,(H,29,32). The molecule has 0 saturated carbocycles. The quantitative estimate of drug-likeness (QED) is 0.497. The van der Waals surface area contributed by atoms with Gasteiger partial charge in [0.25, 0.3) is 11.5 Å². The highest BCUT2D eigenvalue weighted by molar-refractivity contribution is 7.07. The number of carbonyl (C=O) groups is 2. The second-order valence-electron chi connectivity index (χ2n) is 7.57. The summed E-state index contributed by atoms with van der Waals surface area (Å²) in [4.78, 5) is 38.7. The lowest BCUT2D eigenvalue weighted by molar-refractivity contribution is -0.133. The maximum absolute atomic E-state index is 13.7. The number of hydrogen-bond acceptors (Lipinski definition) is 8. The molecule has 1 aromatic heterocycles. The molecule has 36 heavy (non-hydrogen) atoms. The Morgan fingerprint density at radius 2 is 1.94 bits per heavy atom. The molecule has 1 aliphatic heterocycles. The summed E-state index contributed by atoms with van der Waals surface area (Å²) in [6.45, 7) is 0. The number of halogens is 1. The lowest BCUT2D eigenvalue weighted by Gasteiger charge is -2.25. The summed E-state index contributed by atoms with van der Waals surface area (Å²) in [6.07, 6.45) is 0.988. The number of hydrogen-bond donors (Lipinski definition) is 2. The SMILES string of the molecule is COC(=O)C=c1sc2n(c1=O)C(N)=C(C#N)C(c1ccc(F)cc1)C=2C(=O)Nc1cccc(OC)c1. The number of nitrogens with one attached hydrogen (secondary N) is 1. The average molecular weight is 507 g/mol. The number of nitriles is 1. The van der Waals surface area contributed by atoms with Crippen molar-refractivity contribution in [2.75, 3.05) is 19.5 Å². The van der Waals surface area contributed by atoms with Gasteiger partial charge in [-0.25, -0.2) is 9.18 Å². The van der Waals surface area contributed by atoms with Gasteiger partial charge < -0.3 is 20.5 Å². The average Bonchev–Trinajstić information content (AvgIpc) is 3.19. The number of methoxy groups -OCH3 is 2. The van der Waals surface area contributed by atoms with Gasteiger partial charge in [-0.05, 0) is 29.8 Å². The number of aromatic nitrogens is 1. The smallest absolute Gasteiger partial charge is 0.332 e. The van der Waals surface area contributed by atoms with E-state index in [0.717, 1.165) is 29.1 Å². The molecule has 0 saturated heterocycles. The van der Waals surface area contributed by atoms with Crippen LogP contribution in [0.1, 0.15) is 11.5 Å². The number of fused-ring (bicyclic) bond motifs is 1. The van der Waals surface area contributed by atoms with Gasteiger partial charge in [-0.1, -0.05) is 18.2 Å². The molecule has 0 aliphatic carbocycles. The molecule has 4 rings (SSSR count). The molecule has 3 aromatic rings. The molecule has 182 valence electrons. The number of nitrogens with two attached hydrogens (primary N) is 1. The summed E-state index contributed by atoms with van der Waals surface area (Å²) in [6, 6.07) is 13.9. The van der Waals surface area contributed by atoms with E-state index in [9.17, 15) is 24.0 Å². The van der Waals surface area contributed by atoms with E-state index in [4.69, 9.17) is 10.5 Å². The molecule has 0 radical (unpaired) electrons. The van der Waals surface area contributed by atoms with Gasteiger partial charge in [-0.2, -0.15) is 5.26 Å². The van der Waals surface area contributed by atoms with Gasteiger partial charge in [-0.15, -0.1) is 11.3 Å². The number of rotatable bonds is 5.